The molecular formula is C43H50N4O2S2. The fourth-order valence-electron chi connectivity index (χ4n) is 9.51. The van der Waals surface area contributed by atoms with Gasteiger partial charge in [-0.25, -0.2) is 9.97 Å². The summed E-state index contributed by atoms with van der Waals surface area (Å²) in [6.07, 6.45) is 10.8. The number of benzene rings is 1. The molecule has 0 amide bonds. The maximum atomic E-state index is 14.6. The molecule has 7 rings (SSSR count). The average Bonchev–Trinajstić information content (AvgIpc) is 3.68. The lowest BCUT2D eigenvalue weighted by molar-refractivity contribution is -0.119. The highest BCUT2D eigenvalue weighted by atomic mass is 32.1. The SMILES string of the molecule is C=C(/C=C(C)\C=C/C)[C@]1(CC)C2=C(CC(C)(Cc3nc4c(s3)[C@@](CC)(c3cccc(C)c3)C3=C(CC(C)(C)CC3=O)N4)CC2=O)Nc2ncsc21. The first kappa shape index (κ1) is 35.5. The zero-order chi connectivity index (χ0) is 36.5. The van der Waals surface area contributed by atoms with Gasteiger partial charge in [-0.15, -0.1) is 22.7 Å². The van der Waals surface area contributed by atoms with Crippen LogP contribution in [0, 0.1) is 17.8 Å². The van der Waals surface area contributed by atoms with Gasteiger partial charge in [0, 0.05) is 41.8 Å². The van der Waals surface area contributed by atoms with Crippen LogP contribution in [0.4, 0.5) is 11.6 Å². The van der Waals surface area contributed by atoms with Crippen LogP contribution in [-0.4, -0.2) is 21.5 Å². The van der Waals surface area contributed by atoms with Crippen molar-refractivity contribution in [3.8, 4) is 0 Å². The normalized spacial score (nSPS) is 27.1. The van der Waals surface area contributed by atoms with Gasteiger partial charge in [-0.1, -0.05) is 94.8 Å². The van der Waals surface area contributed by atoms with Gasteiger partial charge < -0.3 is 10.6 Å². The van der Waals surface area contributed by atoms with Gasteiger partial charge >= 0.3 is 0 Å². The van der Waals surface area contributed by atoms with Gasteiger partial charge in [0.2, 0.25) is 0 Å². The molecular weight excluding hydrogens is 669 g/mol. The number of aryl methyl sites for hydroxylation is 1. The van der Waals surface area contributed by atoms with E-state index in [0.717, 1.165) is 84.9 Å². The third-order valence-corrected chi connectivity index (χ3v) is 13.8. The predicted octanol–water partition coefficient (Wildman–Crippen LogP) is 10.7. The molecule has 1 unspecified atom stereocenters. The van der Waals surface area contributed by atoms with Crippen molar-refractivity contribution < 1.29 is 9.59 Å². The Balaban J connectivity index is 1.30. The van der Waals surface area contributed by atoms with Crippen LogP contribution in [0.2, 0.25) is 0 Å². The number of carbonyl (C=O) groups is 2. The number of nitrogens with one attached hydrogen (secondary N) is 2. The number of ketones is 2. The van der Waals surface area contributed by atoms with Gasteiger partial charge in [-0.05, 0) is 68.4 Å². The molecule has 4 aliphatic rings. The molecule has 0 saturated heterocycles. The number of hydrogen-bond donors (Lipinski definition) is 2. The second-order valence-electron chi connectivity index (χ2n) is 16.3. The zero-order valence-corrected chi connectivity index (χ0v) is 32.9. The number of rotatable bonds is 8. The minimum Gasteiger partial charge on any atom is -0.342 e. The predicted molar refractivity (Wildman–Crippen MR) is 212 cm³/mol. The van der Waals surface area contributed by atoms with E-state index >= 15 is 0 Å². The highest BCUT2D eigenvalue weighted by Crippen LogP contribution is 2.58. The van der Waals surface area contributed by atoms with Crippen LogP contribution < -0.4 is 10.6 Å². The van der Waals surface area contributed by atoms with Gasteiger partial charge in [0.05, 0.1) is 31.1 Å². The van der Waals surface area contributed by atoms with E-state index < -0.39 is 10.8 Å². The second-order valence-corrected chi connectivity index (χ2v) is 18.2. The Bertz CT molecular complexity index is 2110. The second kappa shape index (κ2) is 12.7. The van der Waals surface area contributed by atoms with Crippen LogP contribution in [0.5, 0.6) is 0 Å². The van der Waals surface area contributed by atoms with Crippen LogP contribution in [0.25, 0.3) is 0 Å². The Labute approximate surface area is 311 Å². The van der Waals surface area contributed by atoms with Crippen LogP contribution in [0.1, 0.15) is 113 Å². The minimum atomic E-state index is -0.623. The number of aromatic nitrogens is 2. The van der Waals surface area contributed by atoms with E-state index in [1.54, 1.807) is 22.7 Å². The number of fused-ring (bicyclic) bond motifs is 2. The lowest BCUT2D eigenvalue weighted by atomic mass is 9.61. The Morgan fingerprint density at radius 2 is 1.69 bits per heavy atom. The fourth-order valence-corrected chi connectivity index (χ4v) is 12.1. The molecule has 2 aromatic heterocycles. The molecule has 3 atom stereocenters. The number of nitrogens with zero attached hydrogens (tertiary/aromatic N) is 2. The summed E-state index contributed by atoms with van der Waals surface area (Å²) >= 11 is 3.31. The summed E-state index contributed by atoms with van der Waals surface area (Å²) in [6, 6.07) is 8.66. The average molecular weight is 719 g/mol. The summed E-state index contributed by atoms with van der Waals surface area (Å²) in [5.41, 5.74) is 8.27. The topological polar surface area (TPSA) is 84.0 Å². The van der Waals surface area contributed by atoms with Crippen LogP contribution in [0.3, 0.4) is 0 Å². The molecule has 6 nitrogen and oxygen atoms in total. The van der Waals surface area contributed by atoms with Crippen LogP contribution in [-0.2, 0) is 26.8 Å². The van der Waals surface area contributed by atoms with Crippen molar-refractivity contribution in [2.24, 2.45) is 10.8 Å². The Morgan fingerprint density at radius 1 is 0.961 bits per heavy atom. The monoisotopic (exact) mass is 718 g/mol. The van der Waals surface area contributed by atoms with Gasteiger partial charge in [-0.3, -0.25) is 9.59 Å². The van der Waals surface area contributed by atoms with E-state index in [2.05, 4.69) is 102 Å². The molecule has 51 heavy (non-hydrogen) atoms. The maximum Gasteiger partial charge on any atom is 0.162 e. The van der Waals surface area contributed by atoms with E-state index in [0.29, 0.717) is 25.7 Å². The summed E-state index contributed by atoms with van der Waals surface area (Å²) in [6.45, 7) is 21.8. The van der Waals surface area contributed by atoms with Crippen LogP contribution in [0.15, 0.2) is 88.3 Å². The van der Waals surface area contributed by atoms with Crippen molar-refractivity contribution in [3.63, 3.8) is 0 Å². The molecule has 0 saturated carbocycles. The van der Waals surface area contributed by atoms with Crippen molar-refractivity contribution >= 4 is 45.9 Å². The van der Waals surface area contributed by atoms with Crippen LogP contribution >= 0.6 is 22.7 Å². The van der Waals surface area contributed by atoms with Crippen molar-refractivity contribution in [3.05, 3.63) is 114 Å². The zero-order valence-electron chi connectivity index (χ0n) is 31.3. The molecule has 3 aromatic rings. The van der Waals surface area contributed by atoms with Gasteiger partial charge in [-0.2, -0.15) is 0 Å². The summed E-state index contributed by atoms with van der Waals surface area (Å²) in [7, 11) is 0. The van der Waals surface area contributed by atoms with Crippen molar-refractivity contribution in [1.82, 2.24) is 9.97 Å². The van der Waals surface area contributed by atoms with E-state index in [4.69, 9.17) is 9.97 Å². The summed E-state index contributed by atoms with van der Waals surface area (Å²) in [5.74, 6) is 2.08. The van der Waals surface area contributed by atoms with Gasteiger partial charge in [0.1, 0.15) is 11.6 Å². The molecule has 0 bridgehead atoms. The maximum absolute atomic E-state index is 14.6. The van der Waals surface area contributed by atoms with Crippen molar-refractivity contribution in [2.45, 2.75) is 111 Å². The third-order valence-electron chi connectivity index (χ3n) is 11.6. The molecule has 4 heterocycles. The largest absolute Gasteiger partial charge is 0.342 e. The first-order valence-corrected chi connectivity index (χ1v) is 20.0. The van der Waals surface area contributed by atoms with E-state index in [1.165, 1.54) is 5.56 Å². The third kappa shape index (κ3) is 5.64. The lowest BCUT2D eigenvalue weighted by Crippen LogP contribution is -2.44. The molecule has 0 fully saturated rings. The Kier molecular flexibility index (Phi) is 8.82. The number of allylic oxidation sites excluding steroid dienone is 9. The Morgan fingerprint density at radius 3 is 2.39 bits per heavy atom. The molecule has 266 valence electrons. The fraction of sp³-hybridized carbons (Fsp3) is 0.442. The lowest BCUT2D eigenvalue weighted by Gasteiger charge is -2.45. The number of thiazole rings is 2. The van der Waals surface area contributed by atoms with Crippen molar-refractivity contribution in [1.29, 1.82) is 0 Å². The first-order chi connectivity index (χ1) is 24.2. The smallest absolute Gasteiger partial charge is 0.162 e. The number of anilines is 2. The molecule has 0 radical (unpaired) electrons. The van der Waals surface area contributed by atoms with E-state index in [9.17, 15) is 9.59 Å². The highest BCUT2D eigenvalue weighted by Gasteiger charge is 2.53. The standard InChI is InChI=1S/C43H50N4O2S2/c1-10-14-25(4)17-27(6)42(11-2)34-30(45-38-36(42)50-24-44-38)20-41(9,22-32(34)49)23-33-47-39-37(51-33)43(12-3,28-16-13-15-26(5)18-28)35-29(46-39)19-40(7,8)21-31(35)48/h10,13-18,24,45-46H,6,11-12,19-23H2,1-5,7-9H3/b14-10-,25-17-/t41?,42-,43+/m1/s1. The molecule has 8 heteroatoms. The number of carbonyl (C=O) groups excluding carboxylic acids is 2. The summed E-state index contributed by atoms with van der Waals surface area (Å²) in [5, 5.41) is 8.30. The summed E-state index contributed by atoms with van der Waals surface area (Å²) in [4.78, 5) is 41.0. The molecule has 2 aliphatic heterocycles. The number of hydrogen-bond acceptors (Lipinski definition) is 8. The first-order valence-electron chi connectivity index (χ1n) is 18.3. The molecule has 1 aromatic carbocycles. The van der Waals surface area contributed by atoms with Gasteiger partial charge in [0.15, 0.2) is 11.6 Å². The molecule has 2 aliphatic carbocycles. The van der Waals surface area contributed by atoms with Gasteiger partial charge in [0.25, 0.3) is 0 Å². The highest BCUT2D eigenvalue weighted by molar-refractivity contribution is 7.12. The Hall–Kier alpha value is -3.88. The quantitative estimate of drug-likeness (QED) is 0.226. The minimum absolute atomic E-state index is 0.128. The van der Waals surface area contributed by atoms with Crippen molar-refractivity contribution in [2.75, 3.05) is 10.6 Å². The molecule has 0 spiro atoms. The van der Waals surface area contributed by atoms with E-state index in [-0.39, 0.29) is 22.4 Å². The molecule has 2 N–H and O–H groups in total. The van der Waals surface area contributed by atoms with E-state index in [1.807, 2.05) is 18.5 Å². The number of Topliss-reactive ketones (excluding diaryl/α,β-unsaturated/α-hetero) is 2. The summed E-state index contributed by atoms with van der Waals surface area (Å²) < 4.78 is 0.